The van der Waals surface area contributed by atoms with Crippen molar-refractivity contribution in [2.45, 2.75) is 51.1 Å². The van der Waals surface area contributed by atoms with Crippen LogP contribution in [0, 0.1) is 0 Å². The number of likely N-dealkylation sites (N-methyl/N-ethyl adjacent to an activating group) is 1. The lowest BCUT2D eigenvalue weighted by Crippen LogP contribution is -2.41. The summed E-state index contributed by atoms with van der Waals surface area (Å²) in [6.07, 6.45) is 4.28. The second-order valence-corrected chi connectivity index (χ2v) is 7.62. The van der Waals surface area contributed by atoms with Crippen LogP contribution in [0.4, 0.5) is 5.69 Å². The number of aromatic nitrogens is 1. The summed E-state index contributed by atoms with van der Waals surface area (Å²) in [4.78, 5) is 7.02. The van der Waals surface area contributed by atoms with Gasteiger partial charge in [0.2, 0.25) is 0 Å². The lowest BCUT2D eigenvalue weighted by atomic mass is 9.74. The third-order valence-corrected chi connectivity index (χ3v) is 5.40. The number of para-hydroxylation sites is 1. The number of nitrogens with one attached hydrogen (secondary N) is 1. The molecule has 0 saturated carbocycles. The van der Waals surface area contributed by atoms with Crippen LogP contribution in [-0.4, -0.2) is 24.6 Å². The fourth-order valence-corrected chi connectivity index (χ4v) is 3.62. The maximum absolute atomic E-state index is 4.68. The molecule has 0 fully saturated rings. The molecule has 0 amide bonds. The molecule has 3 heteroatoms. The van der Waals surface area contributed by atoms with Crippen LogP contribution in [0.15, 0.2) is 48.7 Å². The molecule has 3 nitrogen and oxygen atoms in total. The maximum Gasteiger partial charge on any atom is 0.0507 e. The van der Waals surface area contributed by atoms with Crippen molar-refractivity contribution < 1.29 is 0 Å². The summed E-state index contributed by atoms with van der Waals surface area (Å²) in [7, 11) is 2.17. The minimum absolute atomic E-state index is 0.182. The summed E-state index contributed by atoms with van der Waals surface area (Å²) in [6.45, 7) is 7.85. The molecule has 0 aliphatic heterocycles. The molecule has 0 saturated heterocycles. The maximum atomic E-state index is 4.68. The van der Waals surface area contributed by atoms with Crippen molar-refractivity contribution in [2.75, 3.05) is 18.5 Å². The third kappa shape index (κ3) is 3.46. The van der Waals surface area contributed by atoms with Gasteiger partial charge in [0.1, 0.15) is 0 Å². The molecule has 1 heterocycles. The zero-order chi connectivity index (χ0) is 17.2. The highest BCUT2D eigenvalue weighted by molar-refractivity contribution is 5.46. The summed E-state index contributed by atoms with van der Waals surface area (Å²) in [6, 6.07) is 15.7. The molecule has 0 radical (unpaired) electrons. The zero-order valence-electron chi connectivity index (χ0n) is 15.3. The number of nitrogens with zero attached hydrogens (tertiary/aromatic N) is 2. The lowest BCUT2D eigenvalue weighted by molar-refractivity contribution is 0.345. The number of rotatable bonds is 5. The van der Waals surface area contributed by atoms with Gasteiger partial charge in [-0.25, -0.2) is 0 Å². The first-order valence-electron chi connectivity index (χ1n) is 8.96. The normalized spacial score (nSPS) is 20.2. The second-order valence-electron chi connectivity index (χ2n) is 7.62. The van der Waals surface area contributed by atoms with E-state index in [4.69, 9.17) is 0 Å². The van der Waals surface area contributed by atoms with Crippen LogP contribution in [0.25, 0.3) is 0 Å². The first kappa shape index (κ1) is 17.0. The molecule has 1 aromatic carbocycles. The Balaban J connectivity index is 1.67. The molecule has 24 heavy (non-hydrogen) atoms. The molecule has 1 aliphatic rings. The first-order valence-corrected chi connectivity index (χ1v) is 8.96. The predicted molar refractivity (Wildman–Crippen MR) is 102 cm³/mol. The summed E-state index contributed by atoms with van der Waals surface area (Å²) >= 11 is 0. The minimum Gasteiger partial charge on any atom is -0.371 e. The van der Waals surface area contributed by atoms with E-state index in [9.17, 15) is 0 Å². The molecule has 2 unspecified atom stereocenters. The van der Waals surface area contributed by atoms with Crippen LogP contribution in [-0.2, 0) is 5.41 Å². The van der Waals surface area contributed by atoms with Gasteiger partial charge < -0.3 is 10.2 Å². The summed E-state index contributed by atoms with van der Waals surface area (Å²) < 4.78 is 0. The smallest absolute Gasteiger partial charge is 0.0507 e. The third-order valence-electron chi connectivity index (χ3n) is 5.40. The molecule has 0 spiro atoms. The van der Waals surface area contributed by atoms with Crippen LogP contribution in [0.2, 0.25) is 0 Å². The molecule has 128 valence electrons. The van der Waals surface area contributed by atoms with Gasteiger partial charge in [-0.15, -0.1) is 0 Å². The van der Waals surface area contributed by atoms with Gasteiger partial charge >= 0.3 is 0 Å². The van der Waals surface area contributed by atoms with E-state index in [1.165, 1.54) is 29.8 Å². The Morgan fingerprint density at radius 2 is 1.96 bits per heavy atom. The molecule has 2 atom stereocenters. The van der Waals surface area contributed by atoms with E-state index >= 15 is 0 Å². The number of fused-ring (bicyclic) bond motifs is 1. The van der Waals surface area contributed by atoms with E-state index in [0.29, 0.717) is 12.1 Å². The fourth-order valence-electron chi connectivity index (χ4n) is 3.62. The first-order chi connectivity index (χ1) is 11.5. The van der Waals surface area contributed by atoms with Crippen molar-refractivity contribution in [3.63, 3.8) is 0 Å². The number of anilines is 1. The zero-order valence-corrected chi connectivity index (χ0v) is 15.3. The van der Waals surface area contributed by atoms with Gasteiger partial charge in [-0.05, 0) is 43.5 Å². The standard InChI is InChI=1S/C21H29N3/c1-16(24(4)17-9-6-5-7-10-17)15-23-19-12-13-21(2,3)20-18(19)11-8-14-22-20/h5-11,14,16,19,23H,12-13,15H2,1-4H3. The van der Waals surface area contributed by atoms with Crippen molar-refractivity contribution in [1.82, 2.24) is 10.3 Å². The van der Waals surface area contributed by atoms with Gasteiger partial charge in [-0.1, -0.05) is 38.1 Å². The number of benzene rings is 1. The van der Waals surface area contributed by atoms with E-state index in [-0.39, 0.29) is 5.41 Å². The van der Waals surface area contributed by atoms with Crippen LogP contribution in [0.5, 0.6) is 0 Å². The van der Waals surface area contributed by atoms with E-state index < -0.39 is 0 Å². The highest BCUT2D eigenvalue weighted by Gasteiger charge is 2.33. The largest absolute Gasteiger partial charge is 0.371 e. The van der Waals surface area contributed by atoms with Gasteiger partial charge in [-0.2, -0.15) is 0 Å². The second kappa shape index (κ2) is 6.94. The Hall–Kier alpha value is -1.87. The van der Waals surface area contributed by atoms with Crippen molar-refractivity contribution in [2.24, 2.45) is 0 Å². The Morgan fingerprint density at radius 1 is 1.21 bits per heavy atom. The van der Waals surface area contributed by atoms with Gasteiger partial charge in [0.25, 0.3) is 0 Å². The molecular weight excluding hydrogens is 294 g/mol. The Bertz CT molecular complexity index is 666. The summed E-state index contributed by atoms with van der Waals surface area (Å²) in [5.74, 6) is 0. The Kier molecular flexibility index (Phi) is 4.91. The SMILES string of the molecule is CC(CNC1CCC(C)(C)c2ncccc21)N(C)c1ccccc1. The fraction of sp³-hybridized carbons (Fsp3) is 0.476. The molecule has 1 aromatic heterocycles. The molecule has 1 aliphatic carbocycles. The number of hydrogen-bond donors (Lipinski definition) is 1. The highest BCUT2D eigenvalue weighted by atomic mass is 15.2. The summed E-state index contributed by atoms with van der Waals surface area (Å²) in [5, 5.41) is 3.78. The quantitative estimate of drug-likeness (QED) is 0.889. The number of pyridine rings is 1. The average Bonchev–Trinajstić information content (AvgIpc) is 2.61. The van der Waals surface area contributed by atoms with Crippen molar-refractivity contribution in [3.05, 3.63) is 59.9 Å². The predicted octanol–water partition coefficient (Wildman–Crippen LogP) is 4.31. The molecule has 1 N–H and O–H groups in total. The van der Waals surface area contributed by atoms with E-state index in [2.05, 4.69) is 85.5 Å². The molecular formula is C21H29N3. The summed E-state index contributed by atoms with van der Waals surface area (Å²) in [5.41, 5.74) is 4.08. The van der Waals surface area contributed by atoms with Crippen LogP contribution < -0.4 is 10.2 Å². The van der Waals surface area contributed by atoms with E-state index in [0.717, 1.165) is 6.54 Å². The van der Waals surface area contributed by atoms with Gasteiger partial charge in [0, 0.05) is 43.0 Å². The van der Waals surface area contributed by atoms with Gasteiger partial charge in [0.05, 0.1) is 5.69 Å². The van der Waals surface area contributed by atoms with Crippen molar-refractivity contribution >= 4 is 5.69 Å². The monoisotopic (exact) mass is 323 g/mol. The van der Waals surface area contributed by atoms with Crippen LogP contribution >= 0.6 is 0 Å². The van der Waals surface area contributed by atoms with Crippen molar-refractivity contribution in [1.29, 1.82) is 0 Å². The highest BCUT2D eigenvalue weighted by Crippen LogP contribution is 2.40. The Labute approximate surface area is 146 Å². The van der Waals surface area contributed by atoms with E-state index in [1.807, 2.05) is 6.20 Å². The average molecular weight is 323 g/mol. The van der Waals surface area contributed by atoms with Gasteiger partial charge in [0.15, 0.2) is 0 Å². The van der Waals surface area contributed by atoms with Crippen LogP contribution in [0.3, 0.4) is 0 Å². The lowest BCUT2D eigenvalue weighted by Gasteiger charge is -2.37. The minimum atomic E-state index is 0.182. The molecule has 2 aromatic rings. The number of hydrogen-bond acceptors (Lipinski definition) is 3. The topological polar surface area (TPSA) is 28.2 Å². The van der Waals surface area contributed by atoms with E-state index in [1.54, 1.807) is 0 Å². The van der Waals surface area contributed by atoms with Crippen LogP contribution in [0.1, 0.15) is 50.9 Å². The molecule has 0 bridgehead atoms. The van der Waals surface area contributed by atoms with Crippen molar-refractivity contribution in [3.8, 4) is 0 Å². The molecule has 3 rings (SSSR count). The Morgan fingerprint density at radius 3 is 2.71 bits per heavy atom. The van der Waals surface area contributed by atoms with Gasteiger partial charge in [-0.3, -0.25) is 4.98 Å².